The Morgan fingerprint density at radius 1 is 1.18 bits per heavy atom. The normalized spacial score (nSPS) is 13.7. The summed E-state index contributed by atoms with van der Waals surface area (Å²) in [5, 5.41) is 14.3. The minimum absolute atomic E-state index is 0.0152. The molecule has 11 heteroatoms. The van der Waals surface area contributed by atoms with E-state index in [1.54, 1.807) is 41.9 Å². The lowest BCUT2D eigenvalue weighted by atomic mass is 10.0. The van der Waals surface area contributed by atoms with Gasteiger partial charge in [0.05, 0.1) is 23.1 Å². The third kappa shape index (κ3) is 5.53. The lowest BCUT2D eigenvalue weighted by Gasteiger charge is -2.29. The molecule has 2 amide bonds. The number of nitrogens with zero attached hydrogens (tertiary/aromatic N) is 5. The number of likely N-dealkylation sites (N-methyl/N-ethyl adjacent to an activating group) is 2. The zero-order chi connectivity index (χ0) is 27.7. The molecule has 1 aliphatic heterocycles. The predicted molar refractivity (Wildman–Crippen MR) is 148 cm³/mol. The van der Waals surface area contributed by atoms with Gasteiger partial charge in [0, 0.05) is 55.7 Å². The maximum atomic E-state index is 13.6. The fourth-order valence-electron chi connectivity index (χ4n) is 4.72. The highest BCUT2D eigenvalue weighted by Gasteiger charge is 2.27. The number of carbonyl (C=O) groups is 2. The number of hydrogen-bond donors (Lipinski definition) is 2. The Hall–Kier alpha value is -4.12. The fraction of sp³-hybridized carbons (Fsp3) is 0.250. The molecule has 0 bridgehead atoms. The highest BCUT2D eigenvalue weighted by molar-refractivity contribution is 6.30. The van der Waals surface area contributed by atoms with E-state index < -0.39 is 17.4 Å². The van der Waals surface area contributed by atoms with Crippen molar-refractivity contribution in [1.29, 1.82) is 0 Å². The summed E-state index contributed by atoms with van der Waals surface area (Å²) < 4.78 is 1.66. The fourth-order valence-corrected chi connectivity index (χ4v) is 4.85. The van der Waals surface area contributed by atoms with Crippen molar-refractivity contribution in [3.8, 4) is 0 Å². The van der Waals surface area contributed by atoms with Crippen molar-refractivity contribution >= 4 is 40.0 Å². The minimum Gasteiger partial charge on any atom is -0.385 e. The molecule has 200 valence electrons. The largest absolute Gasteiger partial charge is 0.385 e. The Bertz CT molecular complexity index is 1610. The maximum Gasteiger partial charge on any atom is 0.257 e. The standard InChI is InChI=1S/C28H27ClN6O4/c1-33(15-24(36)22-12-30-7-8-31-22)13-18-9-20-26-23(10-18)34(2)25(37)16-35(26)14-21(27(20)38)28(39)32-11-17-3-5-19(29)6-4-17/h3-10,12,14,24,36H,11,13,15-16H2,1-2H3,(H,32,39)/t24-/m1/s1. The predicted octanol–water partition coefficient (Wildman–Crippen LogP) is 2.52. The number of aromatic nitrogens is 3. The van der Waals surface area contributed by atoms with Gasteiger partial charge in [-0.25, -0.2) is 0 Å². The third-order valence-electron chi connectivity index (χ3n) is 6.72. The molecule has 3 heterocycles. The van der Waals surface area contributed by atoms with Gasteiger partial charge in [-0.15, -0.1) is 0 Å². The second kappa shape index (κ2) is 10.9. The van der Waals surface area contributed by atoms with Gasteiger partial charge < -0.3 is 19.9 Å². The van der Waals surface area contributed by atoms with E-state index in [0.29, 0.717) is 33.9 Å². The third-order valence-corrected chi connectivity index (χ3v) is 6.98. The van der Waals surface area contributed by atoms with Crippen LogP contribution in [0.3, 0.4) is 0 Å². The summed E-state index contributed by atoms with van der Waals surface area (Å²) in [6.45, 7) is 0.896. The van der Waals surface area contributed by atoms with E-state index in [-0.39, 0.29) is 31.1 Å². The Morgan fingerprint density at radius 2 is 1.95 bits per heavy atom. The van der Waals surface area contributed by atoms with Crippen LogP contribution in [0.1, 0.15) is 33.3 Å². The van der Waals surface area contributed by atoms with E-state index in [0.717, 1.165) is 11.1 Å². The first kappa shape index (κ1) is 26.5. The monoisotopic (exact) mass is 546 g/mol. The number of pyridine rings is 1. The molecule has 10 nitrogen and oxygen atoms in total. The molecule has 0 saturated heterocycles. The summed E-state index contributed by atoms with van der Waals surface area (Å²) in [5.74, 6) is -0.688. The second-order valence-electron chi connectivity index (χ2n) is 9.62. The number of aliphatic hydroxyl groups excluding tert-OH is 1. The molecule has 1 aliphatic rings. The van der Waals surface area contributed by atoms with Crippen molar-refractivity contribution < 1.29 is 14.7 Å². The van der Waals surface area contributed by atoms with Crippen molar-refractivity contribution in [2.24, 2.45) is 0 Å². The second-order valence-corrected chi connectivity index (χ2v) is 10.1. The van der Waals surface area contributed by atoms with Crippen LogP contribution in [0.15, 0.2) is 66.0 Å². The number of anilines is 1. The van der Waals surface area contributed by atoms with Crippen LogP contribution in [0.2, 0.25) is 5.02 Å². The smallest absolute Gasteiger partial charge is 0.257 e. The number of aliphatic hydroxyl groups is 1. The van der Waals surface area contributed by atoms with Crippen molar-refractivity contribution in [3.63, 3.8) is 0 Å². The van der Waals surface area contributed by atoms with E-state index in [9.17, 15) is 19.5 Å². The highest BCUT2D eigenvalue weighted by atomic mass is 35.5. The molecule has 0 spiro atoms. The number of rotatable bonds is 8. The summed E-state index contributed by atoms with van der Waals surface area (Å²) in [5.41, 5.74) is 2.79. The SMILES string of the molecule is CN(Cc1cc2c3c(c1)c(=O)c(C(=O)NCc1ccc(Cl)cc1)cn3CC(=O)N2C)C[C@@H](O)c1cnccn1. The van der Waals surface area contributed by atoms with Gasteiger partial charge in [-0.3, -0.25) is 29.3 Å². The molecule has 5 rings (SSSR count). The molecule has 2 N–H and O–H groups in total. The first-order valence-corrected chi connectivity index (χ1v) is 12.7. The molecule has 0 unspecified atom stereocenters. The zero-order valence-corrected chi connectivity index (χ0v) is 22.2. The lowest BCUT2D eigenvalue weighted by Crippen LogP contribution is -2.37. The first-order valence-electron chi connectivity index (χ1n) is 12.3. The molecule has 0 radical (unpaired) electrons. The summed E-state index contributed by atoms with van der Waals surface area (Å²) in [6.07, 6.45) is 5.19. The Kier molecular flexibility index (Phi) is 7.42. The average molecular weight is 547 g/mol. The van der Waals surface area contributed by atoms with Crippen LogP contribution >= 0.6 is 11.6 Å². The van der Waals surface area contributed by atoms with Gasteiger partial charge in [-0.1, -0.05) is 23.7 Å². The Labute approximate surface area is 229 Å². The van der Waals surface area contributed by atoms with Crippen LogP contribution in [0.5, 0.6) is 0 Å². The summed E-state index contributed by atoms with van der Waals surface area (Å²) in [4.78, 5) is 51.0. The minimum atomic E-state index is -0.847. The van der Waals surface area contributed by atoms with Crippen LogP contribution in [0.25, 0.3) is 10.9 Å². The van der Waals surface area contributed by atoms with Crippen LogP contribution in [-0.4, -0.2) is 57.0 Å². The summed E-state index contributed by atoms with van der Waals surface area (Å²) in [6, 6.07) is 10.7. The van der Waals surface area contributed by atoms with E-state index in [1.807, 2.05) is 18.0 Å². The number of carbonyl (C=O) groups excluding carboxylic acids is 2. The van der Waals surface area contributed by atoms with Crippen LogP contribution < -0.4 is 15.6 Å². The topological polar surface area (TPSA) is 121 Å². The van der Waals surface area contributed by atoms with Gasteiger partial charge in [0.25, 0.3) is 5.91 Å². The number of halogens is 1. The van der Waals surface area contributed by atoms with E-state index in [1.165, 1.54) is 29.7 Å². The van der Waals surface area contributed by atoms with E-state index in [4.69, 9.17) is 11.6 Å². The molecule has 4 aromatic rings. The summed E-state index contributed by atoms with van der Waals surface area (Å²) in [7, 11) is 3.51. The number of nitrogens with one attached hydrogen (secondary N) is 1. The molecule has 39 heavy (non-hydrogen) atoms. The molecule has 0 fully saturated rings. The van der Waals surface area contributed by atoms with Gasteiger partial charge in [0.15, 0.2) is 0 Å². The number of amides is 2. The molecular formula is C28H27ClN6O4. The van der Waals surface area contributed by atoms with Crippen molar-refractivity contribution in [3.05, 3.63) is 98.8 Å². The Morgan fingerprint density at radius 3 is 2.67 bits per heavy atom. The van der Waals surface area contributed by atoms with Gasteiger partial charge in [0.1, 0.15) is 18.2 Å². The maximum absolute atomic E-state index is 13.6. The van der Waals surface area contributed by atoms with Crippen LogP contribution in [-0.2, 0) is 24.4 Å². The lowest BCUT2D eigenvalue weighted by molar-refractivity contribution is -0.119. The van der Waals surface area contributed by atoms with Crippen LogP contribution in [0.4, 0.5) is 5.69 Å². The van der Waals surface area contributed by atoms with Crippen molar-refractivity contribution in [2.75, 3.05) is 25.5 Å². The van der Waals surface area contributed by atoms with Gasteiger partial charge in [-0.2, -0.15) is 0 Å². The molecule has 0 saturated carbocycles. The molecule has 2 aromatic carbocycles. The van der Waals surface area contributed by atoms with E-state index >= 15 is 0 Å². The quantitative estimate of drug-likeness (QED) is 0.348. The first-order chi connectivity index (χ1) is 18.7. The van der Waals surface area contributed by atoms with Gasteiger partial charge in [-0.05, 0) is 42.4 Å². The molecule has 1 atom stereocenters. The molecule has 2 aromatic heterocycles. The molecular weight excluding hydrogens is 520 g/mol. The van der Waals surface area contributed by atoms with E-state index in [2.05, 4.69) is 15.3 Å². The Balaban J connectivity index is 1.46. The van der Waals surface area contributed by atoms with Crippen molar-refractivity contribution in [2.45, 2.75) is 25.7 Å². The number of benzene rings is 2. The molecule has 0 aliphatic carbocycles. The highest BCUT2D eigenvalue weighted by Crippen LogP contribution is 2.31. The average Bonchev–Trinajstić information content (AvgIpc) is 2.93. The number of hydrogen-bond acceptors (Lipinski definition) is 7. The zero-order valence-electron chi connectivity index (χ0n) is 21.5. The van der Waals surface area contributed by atoms with Crippen LogP contribution in [0, 0.1) is 0 Å². The van der Waals surface area contributed by atoms with Gasteiger partial charge >= 0.3 is 0 Å². The van der Waals surface area contributed by atoms with Crippen molar-refractivity contribution in [1.82, 2.24) is 24.8 Å². The summed E-state index contributed by atoms with van der Waals surface area (Å²) >= 11 is 5.93. The van der Waals surface area contributed by atoms with Gasteiger partial charge in [0.2, 0.25) is 11.3 Å².